The van der Waals surface area contributed by atoms with Gasteiger partial charge in [0.05, 0.1) is 16.0 Å². The predicted molar refractivity (Wildman–Crippen MR) is 86.5 cm³/mol. The minimum atomic E-state index is -0.930. The van der Waals surface area contributed by atoms with E-state index >= 15 is 0 Å². The van der Waals surface area contributed by atoms with Gasteiger partial charge < -0.3 is 4.74 Å². The van der Waals surface area contributed by atoms with Gasteiger partial charge in [-0.1, -0.05) is 11.6 Å². The highest BCUT2D eigenvalue weighted by atomic mass is 35.5. The van der Waals surface area contributed by atoms with Crippen LogP contribution in [0.2, 0.25) is 5.02 Å². The van der Waals surface area contributed by atoms with E-state index in [1.54, 1.807) is 41.5 Å². The fraction of sp³-hybridized carbons (Fsp3) is 0.533. The van der Waals surface area contributed by atoms with E-state index in [0.29, 0.717) is 6.07 Å². The zero-order chi connectivity index (χ0) is 18.2. The molecule has 8 heteroatoms. The number of carbonyl (C=O) groups is 1. The normalized spacial score (nSPS) is 12.0. The molecule has 0 aromatic heterocycles. The second-order valence-electron chi connectivity index (χ2n) is 7.00. The van der Waals surface area contributed by atoms with Gasteiger partial charge in [0.2, 0.25) is 0 Å². The van der Waals surface area contributed by atoms with Crippen molar-refractivity contribution >= 4 is 29.1 Å². The molecule has 0 aliphatic heterocycles. The molecular weight excluding hydrogens is 327 g/mol. The number of benzene rings is 1. The van der Waals surface area contributed by atoms with Gasteiger partial charge in [0.25, 0.3) is 5.69 Å². The Bertz CT molecular complexity index is 636. The van der Waals surface area contributed by atoms with Crippen LogP contribution >= 0.6 is 11.6 Å². The van der Waals surface area contributed by atoms with Gasteiger partial charge in [0, 0.05) is 5.54 Å². The third kappa shape index (κ3) is 4.79. The van der Waals surface area contributed by atoms with Crippen LogP contribution in [-0.4, -0.2) is 22.2 Å². The maximum absolute atomic E-state index is 13.6. The van der Waals surface area contributed by atoms with Crippen LogP contribution in [0.15, 0.2) is 12.1 Å². The summed E-state index contributed by atoms with van der Waals surface area (Å²) < 4.78 is 18.9. The Kier molecular flexibility index (Phi) is 5.26. The number of amides is 1. The fourth-order valence-electron chi connectivity index (χ4n) is 1.89. The molecule has 0 bridgehead atoms. The number of carbonyl (C=O) groups excluding carboxylic acids is 1. The van der Waals surface area contributed by atoms with Gasteiger partial charge in [0.15, 0.2) is 0 Å². The Morgan fingerprint density at radius 3 is 2.17 bits per heavy atom. The van der Waals surface area contributed by atoms with Gasteiger partial charge in [-0.25, -0.2) is 9.18 Å². The van der Waals surface area contributed by atoms with Gasteiger partial charge in [-0.3, -0.25) is 15.0 Å². The average Bonchev–Trinajstić information content (AvgIpc) is 2.28. The second-order valence-corrected chi connectivity index (χ2v) is 7.41. The number of nitrogens with zero attached hydrogens (tertiary/aromatic N) is 2. The first-order chi connectivity index (χ1) is 10.2. The van der Waals surface area contributed by atoms with Crippen molar-refractivity contribution in [1.82, 2.24) is 0 Å². The highest BCUT2D eigenvalue weighted by Crippen LogP contribution is 2.37. The molecule has 6 nitrogen and oxygen atoms in total. The molecule has 0 aliphatic rings. The number of hydrogen-bond acceptors (Lipinski definition) is 4. The standard InChI is InChI=1S/C15H20ClFN2O4/c1-14(2,3)18(13(20)23-15(4,5)6)11-7-9(16)10(17)8-12(11)19(21)22/h7-8H,1-6H3. The van der Waals surface area contributed by atoms with Crippen LogP contribution < -0.4 is 4.90 Å². The summed E-state index contributed by atoms with van der Waals surface area (Å²) in [6, 6.07) is 1.75. The third-order valence-electron chi connectivity index (χ3n) is 2.70. The molecule has 0 aliphatic carbocycles. The van der Waals surface area contributed by atoms with Crippen LogP contribution in [0, 0.1) is 15.9 Å². The van der Waals surface area contributed by atoms with Crippen molar-refractivity contribution in [2.75, 3.05) is 4.90 Å². The molecule has 0 spiro atoms. The van der Waals surface area contributed by atoms with Gasteiger partial charge in [-0.05, 0) is 47.6 Å². The maximum Gasteiger partial charge on any atom is 0.415 e. The maximum atomic E-state index is 13.6. The summed E-state index contributed by atoms with van der Waals surface area (Å²) in [5.41, 5.74) is -2.33. The number of nitro benzene ring substituents is 1. The second kappa shape index (κ2) is 6.31. The molecule has 1 rings (SSSR count). The van der Waals surface area contributed by atoms with Crippen molar-refractivity contribution in [3.8, 4) is 0 Å². The SMILES string of the molecule is CC(C)(C)OC(=O)N(c1cc(Cl)c(F)cc1[N+](=O)[O-])C(C)(C)C. The summed E-state index contributed by atoms with van der Waals surface area (Å²) in [6.45, 7) is 10.1. The van der Waals surface area contributed by atoms with Crippen molar-refractivity contribution in [1.29, 1.82) is 0 Å². The highest BCUT2D eigenvalue weighted by Gasteiger charge is 2.37. The molecule has 1 amide bonds. The van der Waals surface area contributed by atoms with Crippen LogP contribution in [0.25, 0.3) is 0 Å². The zero-order valence-corrected chi connectivity index (χ0v) is 14.7. The summed E-state index contributed by atoms with van der Waals surface area (Å²) >= 11 is 5.75. The Balaban J connectivity index is 3.54. The molecular formula is C15H20ClFN2O4. The van der Waals surface area contributed by atoms with E-state index in [9.17, 15) is 19.3 Å². The number of rotatable bonds is 2. The molecule has 128 valence electrons. The molecule has 0 atom stereocenters. The van der Waals surface area contributed by atoms with Crippen molar-refractivity contribution in [3.63, 3.8) is 0 Å². The van der Waals surface area contributed by atoms with E-state index in [0.717, 1.165) is 11.0 Å². The summed E-state index contributed by atoms with van der Waals surface area (Å²) in [5, 5.41) is 10.9. The van der Waals surface area contributed by atoms with Gasteiger partial charge in [-0.2, -0.15) is 0 Å². The molecule has 0 heterocycles. The van der Waals surface area contributed by atoms with Crippen molar-refractivity contribution < 1.29 is 18.8 Å². The zero-order valence-electron chi connectivity index (χ0n) is 13.9. The quantitative estimate of drug-likeness (QED) is 0.562. The Morgan fingerprint density at radius 1 is 1.26 bits per heavy atom. The highest BCUT2D eigenvalue weighted by molar-refractivity contribution is 6.31. The fourth-order valence-corrected chi connectivity index (χ4v) is 2.05. The first-order valence-corrected chi connectivity index (χ1v) is 7.28. The first kappa shape index (κ1) is 19.2. The molecule has 0 saturated heterocycles. The van der Waals surface area contributed by atoms with Crippen molar-refractivity contribution in [2.45, 2.75) is 52.7 Å². The Labute approximate surface area is 139 Å². The lowest BCUT2D eigenvalue weighted by Gasteiger charge is -2.36. The molecule has 0 N–H and O–H groups in total. The van der Waals surface area contributed by atoms with Crippen molar-refractivity contribution in [3.05, 3.63) is 33.1 Å². The van der Waals surface area contributed by atoms with E-state index in [-0.39, 0.29) is 10.7 Å². The van der Waals surface area contributed by atoms with E-state index in [2.05, 4.69) is 0 Å². The molecule has 0 radical (unpaired) electrons. The number of halogens is 2. The number of nitro groups is 1. The number of anilines is 1. The van der Waals surface area contributed by atoms with E-state index in [1.807, 2.05) is 0 Å². The van der Waals surface area contributed by atoms with Crippen LogP contribution in [-0.2, 0) is 4.74 Å². The number of ether oxygens (including phenoxy) is 1. The summed E-state index contributed by atoms with van der Waals surface area (Å²) in [5.74, 6) is -0.930. The van der Waals surface area contributed by atoms with Gasteiger partial charge in [-0.15, -0.1) is 0 Å². The van der Waals surface area contributed by atoms with E-state index in [4.69, 9.17) is 16.3 Å². The van der Waals surface area contributed by atoms with E-state index < -0.39 is 33.7 Å². The topological polar surface area (TPSA) is 72.7 Å². The van der Waals surface area contributed by atoms with Gasteiger partial charge in [0.1, 0.15) is 17.1 Å². The Morgan fingerprint density at radius 2 is 1.78 bits per heavy atom. The third-order valence-corrected chi connectivity index (χ3v) is 2.99. The Hall–Kier alpha value is -1.89. The predicted octanol–water partition coefficient (Wildman–Crippen LogP) is 4.93. The van der Waals surface area contributed by atoms with Crippen molar-refractivity contribution in [2.24, 2.45) is 0 Å². The molecule has 0 saturated carbocycles. The lowest BCUT2D eigenvalue weighted by Crippen LogP contribution is -2.48. The van der Waals surface area contributed by atoms with Gasteiger partial charge >= 0.3 is 6.09 Å². The lowest BCUT2D eigenvalue weighted by molar-refractivity contribution is -0.384. The largest absolute Gasteiger partial charge is 0.443 e. The minimum Gasteiger partial charge on any atom is -0.443 e. The molecule has 1 aromatic rings. The number of hydrogen-bond donors (Lipinski definition) is 0. The summed E-state index contributed by atoms with van der Waals surface area (Å²) in [6.07, 6.45) is -0.782. The lowest BCUT2D eigenvalue weighted by atomic mass is 10.0. The van der Waals surface area contributed by atoms with Crippen LogP contribution in [0.5, 0.6) is 0 Å². The van der Waals surface area contributed by atoms with Crippen LogP contribution in [0.4, 0.5) is 20.6 Å². The summed E-state index contributed by atoms with van der Waals surface area (Å²) in [7, 11) is 0. The molecule has 0 fully saturated rings. The molecule has 1 aromatic carbocycles. The van der Waals surface area contributed by atoms with Crippen LogP contribution in [0.3, 0.4) is 0 Å². The minimum absolute atomic E-state index is 0.122. The molecule has 23 heavy (non-hydrogen) atoms. The summed E-state index contributed by atoms with van der Waals surface area (Å²) in [4.78, 5) is 24.1. The first-order valence-electron chi connectivity index (χ1n) is 6.90. The van der Waals surface area contributed by atoms with E-state index in [1.165, 1.54) is 0 Å². The molecule has 0 unspecified atom stereocenters. The van der Waals surface area contributed by atoms with Crippen LogP contribution in [0.1, 0.15) is 41.5 Å². The monoisotopic (exact) mass is 346 g/mol. The average molecular weight is 347 g/mol. The smallest absolute Gasteiger partial charge is 0.415 e.